The number of hydrogen-bond donors (Lipinski definition) is 2. The van der Waals surface area contributed by atoms with Gasteiger partial charge in [-0.05, 0) is 22.0 Å². The molecule has 5 nitrogen and oxygen atoms in total. The van der Waals surface area contributed by atoms with Crippen molar-refractivity contribution in [3.05, 3.63) is 34.3 Å². The van der Waals surface area contributed by atoms with E-state index in [9.17, 15) is 4.79 Å². The summed E-state index contributed by atoms with van der Waals surface area (Å²) in [5.41, 5.74) is 2.56. The van der Waals surface area contributed by atoms with Crippen molar-refractivity contribution in [1.82, 2.24) is 14.8 Å². The van der Waals surface area contributed by atoms with Crippen LogP contribution in [0, 0.1) is 0 Å². The number of rotatable bonds is 2. The van der Waals surface area contributed by atoms with E-state index in [4.69, 9.17) is 0 Å². The summed E-state index contributed by atoms with van der Waals surface area (Å²) >= 11 is 5.18. The average Bonchev–Trinajstić information content (AvgIpc) is 2.96. The molecule has 3 heterocycles. The smallest absolute Gasteiger partial charge is 0.257 e. The summed E-state index contributed by atoms with van der Waals surface area (Å²) in [6.07, 6.45) is 3.49. The molecule has 2 aromatic heterocycles. The number of aromatic nitrogens is 3. The number of fused-ring (bicyclic) bond motifs is 1. The molecule has 2 aromatic rings. The van der Waals surface area contributed by atoms with Crippen LogP contribution >= 0.6 is 27.7 Å². The highest BCUT2D eigenvalue weighted by atomic mass is 79.9. The largest absolute Gasteiger partial charge is 0.349 e. The summed E-state index contributed by atoms with van der Waals surface area (Å²) in [7, 11) is 0. The van der Waals surface area contributed by atoms with Crippen molar-refractivity contribution >= 4 is 39.3 Å². The summed E-state index contributed by atoms with van der Waals surface area (Å²) < 4.78 is 2.82. The Bertz CT molecular complexity index is 568. The average molecular weight is 327 g/mol. The molecule has 0 saturated carbocycles. The molecule has 0 spiro atoms. The van der Waals surface area contributed by atoms with Gasteiger partial charge in [0, 0.05) is 29.9 Å². The third-order valence-corrected chi connectivity index (χ3v) is 4.39. The number of H-pyrrole nitrogens is 1. The molecule has 0 atom stereocenters. The number of nitrogens with zero attached hydrogens (tertiary/aromatic N) is 2. The second-order valence-electron chi connectivity index (χ2n) is 4.02. The van der Waals surface area contributed by atoms with Crippen LogP contribution in [0.1, 0.15) is 16.1 Å². The Hall–Kier alpha value is -1.21. The number of halogens is 1. The van der Waals surface area contributed by atoms with Crippen LogP contribution in [0.25, 0.3) is 0 Å². The maximum Gasteiger partial charge on any atom is 0.257 e. The number of amides is 1. The minimum absolute atomic E-state index is 0.107. The minimum Gasteiger partial charge on any atom is -0.349 e. The molecule has 0 saturated heterocycles. The predicted molar refractivity (Wildman–Crippen MR) is 74.8 cm³/mol. The van der Waals surface area contributed by atoms with Crippen LogP contribution < -0.4 is 5.32 Å². The van der Waals surface area contributed by atoms with Crippen LogP contribution in [0.4, 0.5) is 5.69 Å². The predicted octanol–water partition coefficient (Wildman–Crippen LogP) is 2.47. The molecule has 0 aromatic carbocycles. The zero-order valence-electron chi connectivity index (χ0n) is 9.44. The van der Waals surface area contributed by atoms with Gasteiger partial charge in [0.25, 0.3) is 5.91 Å². The first-order chi connectivity index (χ1) is 8.74. The van der Waals surface area contributed by atoms with Crippen LogP contribution in [0.15, 0.2) is 23.1 Å². The molecule has 0 fully saturated rings. The number of hydrogen-bond acceptors (Lipinski definition) is 3. The molecule has 18 heavy (non-hydrogen) atoms. The summed E-state index contributed by atoms with van der Waals surface area (Å²) in [5, 5.41) is 9.37. The molecule has 2 N–H and O–H groups in total. The molecule has 1 aliphatic rings. The van der Waals surface area contributed by atoms with Crippen molar-refractivity contribution in [3.8, 4) is 0 Å². The highest BCUT2D eigenvalue weighted by Crippen LogP contribution is 2.23. The van der Waals surface area contributed by atoms with Gasteiger partial charge in [-0.3, -0.25) is 9.89 Å². The van der Waals surface area contributed by atoms with Crippen molar-refractivity contribution in [3.63, 3.8) is 0 Å². The normalized spacial score (nSPS) is 14.3. The van der Waals surface area contributed by atoms with Crippen LogP contribution in [-0.2, 0) is 12.3 Å². The van der Waals surface area contributed by atoms with E-state index in [1.54, 1.807) is 6.20 Å². The lowest BCUT2D eigenvalue weighted by Crippen LogP contribution is -2.11. The monoisotopic (exact) mass is 326 g/mol. The fourth-order valence-corrected chi connectivity index (χ4v) is 3.13. The number of nitrogens with one attached hydrogen (secondary N) is 2. The van der Waals surface area contributed by atoms with Crippen molar-refractivity contribution in [2.24, 2.45) is 0 Å². The van der Waals surface area contributed by atoms with Gasteiger partial charge in [0.15, 0.2) is 0 Å². The van der Waals surface area contributed by atoms with Crippen molar-refractivity contribution < 1.29 is 4.79 Å². The molecule has 0 unspecified atom stereocenters. The summed E-state index contributed by atoms with van der Waals surface area (Å²) in [4.78, 5) is 12.1. The Morgan fingerprint density at radius 1 is 1.61 bits per heavy atom. The Balaban J connectivity index is 1.80. The molecule has 0 aliphatic carbocycles. The number of thioether (sulfide) groups is 1. The lowest BCUT2D eigenvalue weighted by atomic mass is 10.3. The molecule has 7 heteroatoms. The first-order valence-corrected chi connectivity index (χ1v) is 7.46. The standard InChI is InChI=1S/C11H11BrN4OS/c12-10-9(4-13-15-10)14-11(17)7-3-8-6-18-2-1-16(8)5-7/h3-5H,1-2,6H2,(H,13,15)(H,14,17). The minimum atomic E-state index is -0.107. The molecule has 94 valence electrons. The van der Waals surface area contributed by atoms with Gasteiger partial charge in [-0.25, -0.2) is 0 Å². The number of carbonyl (C=O) groups is 1. The van der Waals surface area contributed by atoms with E-state index in [-0.39, 0.29) is 5.91 Å². The molecule has 0 bridgehead atoms. The van der Waals surface area contributed by atoms with Crippen molar-refractivity contribution in [1.29, 1.82) is 0 Å². The Labute approximate surface area is 116 Å². The van der Waals surface area contributed by atoms with Gasteiger partial charge in [0.2, 0.25) is 0 Å². The lowest BCUT2D eigenvalue weighted by molar-refractivity contribution is 0.102. The Kier molecular flexibility index (Phi) is 3.17. The Morgan fingerprint density at radius 2 is 2.50 bits per heavy atom. The number of aromatic amines is 1. The maximum absolute atomic E-state index is 12.1. The lowest BCUT2D eigenvalue weighted by Gasteiger charge is -2.13. The fraction of sp³-hybridized carbons (Fsp3) is 0.273. The highest BCUT2D eigenvalue weighted by molar-refractivity contribution is 9.10. The molecule has 1 aliphatic heterocycles. The molecule has 1 amide bonds. The van der Waals surface area contributed by atoms with E-state index in [1.165, 1.54) is 5.69 Å². The summed E-state index contributed by atoms with van der Waals surface area (Å²) in [6, 6.07) is 1.95. The zero-order valence-corrected chi connectivity index (χ0v) is 11.8. The third kappa shape index (κ3) is 2.20. The van der Waals surface area contributed by atoms with Gasteiger partial charge < -0.3 is 9.88 Å². The van der Waals surface area contributed by atoms with E-state index < -0.39 is 0 Å². The SMILES string of the molecule is O=C(Nc1cn[nH]c1Br)c1cc2n(c1)CCSC2. The molecule has 3 rings (SSSR count). The van der Waals surface area contributed by atoms with Gasteiger partial charge >= 0.3 is 0 Å². The summed E-state index contributed by atoms with van der Waals surface area (Å²) in [5.74, 6) is 1.97. The number of aryl methyl sites for hydroxylation is 1. The van der Waals surface area contributed by atoms with E-state index in [0.29, 0.717) is 15.9 Å². The van der Waals surface area contributed by atoms with Gasteiger partial charge in [-0.2, -0.15) is 16.9 Å². The van der Waals surface area contributed by atoms with E-state index in [2.05, 4.69) is 36.0 Å². The third-order valence-electron chi connectivity index (χ3n) is 2.82. The van der Waals surface area contributed by atoms with Crippen LogP contribution in [0.2, 0.25) is 0 Å². The molecular formula is C11H11BrN4OS. The van der Waals surface area contributed by atoms with Gasteiger partial charge in [-0.1, -0.05) is 0 Å². The zero-order chi connectivity index (χ0) is 12.5. The molecule has 0 radical (unpaired) electrons. The highest BCUT2D eigenvalue weighted by Gasteiger charge is 2.16. The van der Waals surface area contributed by atoms with Crippen molar-refractivity contribution in [2.45, 2.75) is 12.3 Å². The second kappa shape index (κ2) is 4.81. The molecular weight excluding hydrogens is 316 g/mol. The quantitative estimate of drug-likeness (QED) is 0.891. The van der Waals surface area contributed by atoms with Gasteiger partial charge in [-0.15, -0.1) is 0 Å². The topological polar surface area (TPSA) is 62.7 Å². The number of anilines is 1. The first kappa shape index (κ1) is 11.9. The summed E-state index contributed by atoms with van der Waals surface area (Å²) in [6.45, 7) is 0.975. The fourth-order valence-electron chi connectivity index (χ4n) is 1.90. The Morgan fingerprint density at radius 3 is 3.22 bits per heavy atom. The van der Waals surface area contributed by atoms with E-state index in [0.717, 1.165) is 18.1 Å². The van der Waals surface area contributed by atoms with Gasteiger partial charge in [0.1, 0.15) is 4.60 Å². The first-order valence-electron chi connectivity index (χ1n) is 5.51. The maximum atomic E-state index is 12.1. The van der Waals surface area contributed by atoms with E-state index >= 15 is 0 Å². The van der Waals surface area contributed by atoms with Gasteiger partial charge in [0.05, 0.1) is 17.4 Å². The van der Waals surface area contributed by atoms with E-state index in [1.807, 2.05) is 24.0 Å². The van der Waals surface area contributed by atoms with Crippen LogP contribution in [-0.4, -0.2) is 26.4 Å². The van der Waals surface area contributed by atoms with Crippen molar-refractivity contribution in [2.75, 3.05) is 11.1 Å². The van der Waals surface area contributed by atoms with Crippen LogP contribution in [0.3, 0.4) is 0 Å². The second-order valence-corrected chi connectivity index (χ2v) is 5.92. The number of carbonyl (C=O) groups excluding carboxylic acids is 1. The van der Waals surface area contributed by atoms with Crippen LogP contribution in [0.5, 0.6) is 0 Å².